The Balaban J connectivity index is 1.79. The van der Waals surface area contributed by atoms with Gasteiger partial charge in [-0.05, 0) is 19.8 Å². The summed E-state index contributed by atoms with van der Waals surface area (Å²) in [6.07, 6.45) is 7.77. The van der Waals surface area contributed by atoms with Crippen LogP contribution in [0.25, 0.3) is 0 Å². The van der Waals surface area contributed by atoms with Gasteiger partial charge in [0.15, 0.2) is 0 Å². The first-order valence-corrected chi connectivity index (χ1v) is 8.95. The number of nitrogens with zero attached hydrogens (tertiary/aromatic N) is 3. The van der Waals surface area contributed by atoms with Crippen molar-refractivity contribution < 1.29 is 12.9 Å². The maximum atomic E-state index is 12.4. The molecule has 6 nitrogen and oxygen atoms in total. The molecule has 1 aliphatic carbocycles. The quantitative estimate of drug-likeness (QED) is 0.848. The van der Waals surface area contributed by atoms with E-state index in [4.69, 9.17) is 4.52 Å². The van der Waals surface area contributed by atoms with Crippen molar-refractivity contribution >= 4 is 9.84 Å². The molecule has 0 atom stereocenters. The molecule has 0 unspecified atom stereocenters. The maximum Gasteiger partial charge on any atom is 0.228 e. The van der Waals surface area contributed by atoms with Gasteiger partial charge in [0.2, 0.25) is 15.0 Å². The lowest BCUT2D eigenvalue weighted by Gasteiger charge is -2.04. The van der Waals surface area contributed by atoms with E-state index in [9.17, 15) is 8.42 Å². The van der Waals surface area contributed by atoms with Crippen molar-refractivity contribution in [2.45, 2.75) is 56.0 Å². The van der Waals surface area contributed by atoms with Crippen molar-refractivity contribution in [3.63, 3.8) is 0 Å². The highest BCUT2D eigenvalue weighted by atomic mass is 32.2. The summed E-state index contributed by atoms with van der Waals surface area (Å²) < 4.78 is 31.8. The number of aromatic nitrogens is 3. The zero-order chi connectivity index (χ0) is 14.9. The Hall–Kier alpha value is -1.63. The molecule has 0 saturated heterocycles. The second kappa shape index (κ2) is 5.63. The lowest BCUT2D eigenvalue weighted by Crippen LogP contribution is -2.12. The zero-order valence-electron chi connectivity index (χ0n) is 12.0. The van der Waals surface area contributed by atoms with E-state index in [2.05, 4.69) is 10.1 Å². The molecule has 21 heavy (non-hydrogen) atoms. The summed E-state index contributed by atoms with van der Waals surface area (Å²) in [5, 5.41) is 4.01. The van der Waals surface area contributed by atoms with Crippen molar-refractivity contribution in [2.24, 2.45) is 0 Å². The molecular formula is C14H19N3O3S. The summed E-state index contributed by atoms with van der Waals surface area (Å²) in [4.78, 5) is 3.96. The summed E-state index contributed by atoms with van der Waals surface area (Å²) in [5.74, 6) is 1.04. The molecule has 2 aromatic rings. The molecule has 1 fully saturated rings. The molecule has 1 aliphatic rings. The predicted octanol–water partition coefficient (Wildman–Crippen LogP) is 2.52. The first kappa shape index (κ1) is 14.3. The smallest absolute Gasteiger partial charge is 0.228 e. The van der Waals surface area contributed by atoms with Gasteiger partial charge in [-0.1, -0.05) is 18.0 Å². The fourth-order valence-corrected chi connectivity index (χ4v) is 4.30. The fraction of sp³-hybridized carbons (Fsp3) is 0.571. The summed E-state index contributed by atoms with van der Waals surface area (Å²) >= 11 is 0. The average molecular weight is 309 g/mol. The van der Waals surface area contributed by atoms with Crippen LogP contribution in [0.4, 0.5) is 0 Å². The molecule has 7 heteroatoms. The van der Waals surface area contributed by atoms with Gasteiger partial charge in [-0.15, -0.1) is 0 Å². The lowest BCUT2D eigenvalue weighted by atomic mass is 10.1. The van der Waals surface area contributed by atoms with Crippen LogP contribution in [-0.2, 0) is 22.1 Å². The van der Waals surface area contributed by atoms with Crippen LogP contribution in [0.2, 0.25) is 0 Å². The third kappa shape index (κ3) is 2.88. The number of rotatable bonds is 5. The number of hydrogen-bond acceptors (Lipinski definition) is 5. The SMILES string of the molecule is CCn1ccnc1S(=O)(=O)Cc1cc(C2CCCC2)on1. The van der Waals surface area contributed by atoms with Crippen LogP contribution >= 0.6 is 0 Å². The second-order valence-electron chi connectivity index (χ2n) is 5.46. The summed E-state index contributed by atoms with van der Waals surface area (Å²) in [7, 11) is -3.49. The van der Waals surface area contributed by atoms with Gasteiger partial charge < -0.3 is 9.09 Å². The van der Waals surface area contributed by atoms with Crippen molar-refractivity contribution in [3.8, 4) is 0 Å². The van der Waals surface area contributed by atoms with Crippen molar-refractivity contribution in [1.82, 2.24) is 14.7 Å². The Morgan fingerprint density at radius 2 is 2.14 bits per heavy atom. The van der Waals surface area contributed by atoms with E-state index in [0.29, 0.717) is 18.2 Å². The topological polar surface area (TPSA) is 78.0 Å². The Bertz CT molecular complexity index is 711. The van der Waals surface area contributed by atoms with E-state index in [1.54, 1.807) is 16.8 Å². The molecule has 1 saturated carbocycles. The molecule has 0 N–H and O–H groups in total. The molecule has 0 aliphatic heterocycles. The van der Waals surface area contributed by atoms with Crippen LogP contribution in [0.3, 0.4) is 0 Å². The molecule has 0 radical (unpaired) electrons. The fourth-order valence-electron chi connectivity index (χ4n) is 2.87. The normalized spacial score (nSPS) is 16.6. The van der Waals surface area contributed by atoms with Crippen LogP contribution < -0.4 is 0 Å². The lowest BCUT2D eigenvalue weighted by molar-refractivity contribution is 0.357. The summed E-state index contributed by atoms with van der Waals surface area (Å²) in [6.45, 7) is 2.45. The Labute approximate surface area is 124 Å². The van der Waals surface area contributed by atoms with Crippen LogP contribution in [-0.4, -0.2) is 23.1 Å². The molecule has 114 valence electrons. The first-order valence-electron chi connectivity index (χ1n) is 7.29. The largest absolute Gasteiger partial charge is 0.361 e. The minimum atomic E-state index is -3.49. The van der Waals surface area contributed by atoms with Crippen molar-refractivity contribution in [1.29, 1.82) is 0 Å². The van der Waals surface area contributed by atoms with Gasteiger partial charge in [0.05, 0.1) is 5.69 Å². The van der Waals surface area contributed by atoms with Gasteiger partial charge in [-0.25, -0.2) is 13.4 Å². The third-order valence-electron chi connectivity index (χ3n) is 3.97. The monoisotopic (exact) mass is 309 g/mol. The standard InChI is InChI=1S/C14H19N3O3S/c1-2-17-8-7-15-14(17)21(18,19)10-12-9-13(20-16-12)11-5-3-4-6-11/h7-9,11H,2-6,10H2,1H3. The maximum absolute atomic E-state index is 12.4. The summed E-state index contributed by atoms with van der Waals surface area (Å²) in [6, 6.07) is 1.78. The van der Waals surface area contributed by atoms with Crippen molar-refractivity contribution in [2.75, 3.05) is 0 Å². The zero-order valence-corrected chi connectivity index (χ0v) is 12.8. The van der Waals surface area contributed by atoms with Crippen LogP contribution in [0.1, 0.15) is 50.0 Å². The van der Waals surface area contributed by atoms with Gasteiger partial charge in [0.25, 0.3) is 0 Å². The van der Waals surface area contributed by atoms with Gasteiger partial charge >= 0.3 is 0 Å². The van der Waals surface area contributed by atoms with Crippen LogP contribution in [0.5, 0.6) is 0 Å². The highest BCUT2D eigenvalue weighted by Gasteiger charge is 2.25. The van der Waals surface area contributed by atoms with E-state index in [1.165, 1.54) is 19.0 Å². The van der Waals surface area contributed by atoms with Crippen LogP contribution in [0.15, 0.2) is 28.1 Å². The molecule has 0 amide bonds. The highest BCUT2D eigenvalue weighted by Crippen LogP contribution is 2.34. The average Bonchev–Trinajstić information content (AvgIpc) is 3.19. The molecule has 0 bridgehead atoms. The highest BCUT2D eigenvalue weighted by molar-refractivity contribution is 7.90. The number of aryl methyl sites for hydroxylation is 1. The number of hydrogen-bond donors (Lipinski definition) is 0. The third-order valence-corrected chi connectivity index (χ3v) is 5.54. The predicted molar refractivity (Wildman–Crippen MR) is 76.5 cm³/mol. The van der Waals surface area contributed by atoms with Gasteiger partial charge in [0.1, 0.15) is 11.5 Å². The Morgan fingerprint density at radius 3 is 2.86 bits per heavy atom. The van der Waals surface area contributed by atoms with E-state index in [1.807, 2.05) is 6.92 Å². The molecule has 0 aromatic carbocycles. The first-order chi connectivity index (χ1) is 10.1. The Kier molecular flexibility index (Phi) is 3.84. The Morgan fingerprint density at radius 1 is 1.38 bits per heavy atom. The van der Waals surface area contributed by atoms with Crippen molar-refractivity contribution in [3.05, 3.63) is 29.9 Å². The molecular weight excluding hydrogens is 290 g/mol. The van der Waals surface area contributed by atoms with E-state index < -0.39 is 9.84 Å². The van der Waals surface area contributed by atoms with E-state index >= 15 is 0 Å². The number of sulfone groups is 1. The van der Waals surface area contributed by atoms with E-state index in [-0.39, 0.29) is 10.9 Å². The minimum Gasteiger partial charge on any atom is -0.361 e. The summed E-state index contributed by atoms with van der Waals surface area (Å²) in [5.41, 5.74) is 0.461. The second-order valence-corrected chi connectivity index (χ2v) is 7.34. The molecule has 2 heterocycles. The van der Waals surface area contributed by atoms with Gasteiger partial charge in [-0.2, -0.15) is 0 Å². The van der Waals surface area contributed by atoms with E-state index in [0.717, 1.165) is 18.6 Å². The van der Waals surface area contributed by atoms with Crippen LogP contribution in [0, 0.1) is 0 Å². The molecule has 0 spiro atoms. The van der Waals surface area contributed by atoms with Gasteiger partial charge in [-0.3, -0.25) is 0 Å². The molecule has 2 aromatic heterocycles. The minimum absolute atomic E-state index is 0.0930. The van der Waals surface area contributed by atoms with Gasteiger partial charge in [0, 0.05) is 30.9 Å². The number of imidazole rings is 1. The molecule has 3 rings (SSSR count).